The van der Waals surface area contributed by atoms with E-state index in [1.165, 1.54) is 21.3 Å². The molecule has 0 fully saturated rings. The van der Waals surface area contributed by atoms with Gasteiger partial charge in [0.05, 0.1) is 0 Å². The van der Waals surface area contributed by atoms with Gasteiger partial charge < -0.3 is 5.32 Å². The largest absolute Gasteiger partial charge is 0.316 e. The second-order valence-electron chi connectivity index (χ2n) is 5.20. The fraction of sp³-hybridized carbons (Fsp3) is 0.412. The second kappa shape index (κ2) is 8.60. The van der Waals surface area contributed by atoms with Crippen molar-refractivity contribution in [1.82, 2.24) is 5.32 Å². The standard InChI is InChI=1S/C17H22BrNS/c1-2-8-19-12-15(9-14-6-4-3-5-7-14)10-17-11-16(18)13-20-17/h3-7,11,13,15,19H,2,8-10,12H2,1H3. The molecule has 0 aliphatic rings. The quantitative estimate of drug-likeness (QED) is 0.666. The molecule has 1 unspecified atom stereocenters. The lowest BCUT2D eigenvalue weighted by Gasteiger charge is -2.17. The number of rotatable bonds is 8. The van der Waals surface area contributed by atoms with Crippen molar-refractivity contribution in [2.75, 3.05) is 13.1 Å². The molecule has 0 spiro atoms. The minimum Gasteiger partial charge on any atom is -0.316 e. The van der Waals surface area contributed by atoms with Crippen LogP contribution >= 0.6 is 27.3 Å². The van der Waals surface area contributed by atoms with Gasteiger partial charge in [-0.3, -0.25) is 0 Å². The van der Waals surface area contributed by atoms with Gasteiger partial charge >= 0.3 is 0 Å². The lowest BCUT2D eigenvalue weighted by molar-refractivity contribution is 0.473. The summed E-state index contributed by atoms with van der Waals surface area (Å²) in [5.74, 6) is 0.662. The molecule has 2 rings (SSSR count). The molecule has 1 aromatic heterocycles. The summed E-state index contributed by atoms with van der Waals surface area (Å²) in [7, 11) is 0. The average Bonchev–Trinajstić information content (AvgIpc) is 2.85. The second-order valence-corrected chi connectivity index (χ2v) is 7.11. The van der Waals surface area contributed by atoms with Crippen molar-refractivity contribution in [3.63, 3.8) is 0 Å². The molecule has 0 bridgehead atoms. The Hall–Kier alpha value is -0.640. The van der Waals surface area contributed by atoms with E-state index in [-0.39, 0.29) is 0 Å². The number of hydrogen-bond acceptors (Lipinski definition) is 2. The molecular weight excluding hydrogens is 330 g/mol. The van der Waals surface area contributed by atoms with Crippen LogP contribution in [0.5, 0.6) is 0 Å². The Bertz CT molecular complexity index is 495. The van der Waals surface area contributed by atoms with Crippen molar-refractivity contribution < 1.29 is 0 Å². The van der Waals surface area contributed by atoms with Crippen molar-refractivity contribution >= 4 is 27.3 Å². The molecule has 1 nitrogen and oxygen atoms in total. The maximum Gasteiger partial charge on any atom is 0.0285 e. The van der Waals surface area contributed by atoms with Crippen LogP contribution in [0.4, 0.5) is 0 Å². The van der Waals surface area contributed by atoms with Crippen LogP contribution in [0.15, 0.2) is 46.3 Å². The predicted molar refractivity (Wildman–Crippen MR) is 92.5 cm³/mol. The van der Waals surface area contributed by atoms with Gasteiger partial charge in [0.15, 0.2) is 0 Å². The summed E-state index contributed by atoms with van der Waals surface area (Å²) in [6, 6.07) is 13.1. The van der Waals surface area contributed by atoms with Crippen molar-refractivity contribution in [2.45, 2.75) is 26.2 Å². The van der Waals surface area contributed by atoms with E-state index in [2.05, 4.69) is 69.9 Å². The molecule has 3 heteroatoms. The Morgan fingerprint density at radius 3 is 2.65 bits per heavy atom. The maximum absolute atomic E-state index is 3.58. The number of nitrogens with one attached hydrogen (secondary N) is 1. The monoisotopic (exact) mass is 351 g/mol. The molecule has 0 amide bonds. The molecule has 1 aromatic carbocycles. The zero-order chi connectivity index (χ0) is 14.2. The van der Waals surface area contributed by atoms with Gasteiger partial charge in [-0.15, -0.1) is 11.3 Å². The summed E-state index contributed by atoms with van der Waals surface area (Å²) in [5, 5.41) is 5.75. The molecule has 20 heavy (non-hydrogen) atoms. The molecule has 0 radical (unpaired) electrons. The summed E-state index contributed by atoms with van der Waals surface area (Å²) < 4.78 is 1.21. The summed E-state index contributed by atoms with van der Waals surface area (Å²) in [4.78, 5) is 1.47. The number of halogens is 1. The van der Waals surface area contributed by atoms with E-state index < -0.39 is 0 Å². The van der Waals surface area contributed by atoms with E-state index >= 15 is 0 Å². The average molecular weight is 352 g/mol. The van der Waals surface area contributed by atoms with Gasteiger partial charge in [-0.25, -0.2) is 0 Å². The lowest BCUT2D eigenvalue weighted by Crippen LogP contribution is -2.26. The number of benzene rings is 1. The highest BCUT2D eigenvalue weighted by molar-refractivity contribution is 9.10. The highest BCUT2D eigenvalue weighted by Crippen LogP contribution is 2.23. The molecule has 108 valence electrons. The van der Waals surface area contributed by atoms with Crippen LogP contribution in [0.2, 0.25) is 0 Å². The van der Waals surface area contributed by atoms with Crippen LogP contribution in [-0.4, -0.2) is 13.1 Å². The van der Waals surface area contributed by atoms with Crippen LogP contribution in [0, 0.1) is 5.92 Å². The fourth-order valence-electron chi connectivity index (χ4n) is 2.39. The summed E-state index contributed by atoms with van der Waals surface area (Å²) in [6.07, 6.45) is 3.50. The molecule has 0 aliphatic carbocycles. The van der Waals surface area contributed by atoms with E-state index in [4.69, 9.17) is 0 Å². The van der Waals surface area contributed by atoms with E-state index in [1.807, 2.05) is 11.3 Å². The Morgan fingerprint density at radius 1 is 1.20 bits per heavy atom. The van der Waals surface area contributed by atoms with E-state index in [0.717, 1.165) is 25.9 Å². The molecule has 0 saturated carbocycles. The van der Waals surface area contributed by atoms with Crippen molar-refractivity contribution in [2.24, 2.45) is 5.92 Å². The number of thiophene rings is 1. The highest BCUT2D eigenvalue weighted by Gasteiger charge is 2.12. The van der Waals surface area contributed by atoms with Crippen LogP contribution in [-0.2, 0) is 12.8 Å². The first-order chi connectivity index (χ1) is 9.78. The van der Waals surface area contributed by atoms with Gasteiger partial charge in [-0.1, -0.05) is 37.3 Å². The minimum absolute atomic E-state index is 0.662. The Balaban J connectivity index is 1.96. The highest BCUT2D eigenvalue weighted by atomic mass is 79.9. The van der Waals surface area contributed by atoms with Gasteiger partial charge in [0.2, 0.25) is 0 Å². The van der Waals surface area contributed by atoms with Gasteiger partial charge in [0, 0.05) is 14.7 Å². The first-order valence-corrected chi connectivity index (χ1v) is 8.92. The first kappa shape index (κ1) is 15.7. The molecule has 1 N–H and O–H groups in total. The molecule has 2 aromatic rings. The summed E-state index contributed by atoms with van der Waals surface area (Å²) in [6.45, 7) is 4.42. The minimum atomic E-state index is 0.662. The van der Waals surface area contributed by atoms with Gasteiger partial charge in [0.25, 0.3) is 0 Å². The topological polar surface area (TPSA) is 12.0 Å². The molecule has 1 heterocycles. The van der Waals surface area contributed by atoms with E-state index in [0.29, 0.717) is 5.92 Å². The molecular formula is C17H22BrNS. The Kier molecular flexibility index (Phi) is 6.77. The van der Waals surface area contributed by atoms with Crippen molar-refractivity contribution in [3.05, 3.63) is 56.7 Å². The van der Waals surface area contributed by atoms with Crippen LogP contribution in [0.1, 0.15) is 23.8 Å². The normalized spacial score (nSPS) is 12.5. The third-order valence-electron chi connectivity index (χ3n) is 3.34. The van der Waals surface area contributed by atoms with Gasteiger partial charge in [0.1, 0.15) is 0 Å². The Morgan fingerprint density at radius 2 is 2.00 bits per heavy atom. The lowest BCUT2D eigenvalue weighted by atomic mass is 9.95. The molecule has 1 atom stereocenters. The number of hydrogen-bond donors (Lipinski definition) is 1. The zero-order valence-corrected chi connectivity index (χ0v) is 14.3. The van der Waals surface area contributed by atoms with E-state index in [1.54, 1.807) is 0 Å². The predicted octanol–water partition coefficient (Wildman–Crippen LogP) is 4.91. The first-order valence-electron chi connectivity index (χ1n) is 7.25. The Labute approximate surface area is 134 Å². The van der Waals surface area contributed by atoms with Gasteiger partial charge in [-0.05, 0) is 65.8 Å². The van der Waals surface area contributed by atoms with Crippen molar-refractivity contribution in [1.29, 1.82) is 0 Å². The maximum atomic E-state index is 3.58. The van der Waals surface area contributed by atoms with Crippen LogP contribution in [0.25, 0.3) is 0 Å². The SMILES string of the molecule is CCCNCC(Cc1ccccc1)Cc1cc(Br)cs1. The van der Waals surface area contributed by atoms with Crippen LogP contribution < -0.4 is 5.32 Å². The van der Waals surface area contributed by atoms with Crippen molar-refractivity contribution in [3.8, 4) is 0 Å². The van der Waals surface area contributed by atoms with E-state index in [9.17, 15) is 0 Å². The summed E-state index contributed by atoms with van der Waals surface area (Å²) >= 11 is 5.40. The van der Waals surface area contributed by atoms with Gasteiger partial charge in [-0.2, -0.15) is 0 Å². The molecule has 0 saturated heterocycles. The molecule has 0 aliphatic heterocycles. The third-order valence-corrected chi connectivity index (χ3v) is 5.06. The fourth-order valence-corrected chi connectivity index (χ4v) is 3.96. The third kappa shape index (κ3) is 5.39. The van der Waals surface area contributed by atoms with Crippen LogP contribution in [0.3, 0.4) is 0 Å². The smallest absolute Gasteiger partial charge is 0.0285 e. The summed E-state index contributed by atoms with van der Waals surface area (Å²) in [5.41, 5.74) is 1.44. The zero-order valence-electron chi connectivity index (χ0n) is 11.9.